The number of aliphatic hydroxyl groups excluding tert-OH is 2. The van der Waals surface area contributed by atoms with Crippen molar-refractivity contribution in [3.8, 4) is 0 Å². The van der Waals surface area contributed by atoms with E-state index in [4.69, 9.17) is 0 Å². The fourth-order valence-corrected chi connectivity index (χ4v) is 5.61. The molecule has 0 saturated heterocycles. The molecule has 31 heavy (non-hydrogen) atoms. The van der Waals surface area contributed by atoms with Crippen LogP contribution in [0.15, 0.2) is 36.4 Å². The number of hydrogen-bond donors (Lipinski definition) is 3. The SMILES string of the molecule is O=C(NCc1ccc(CC2CCCCC2)s1)[C@H](O)[C@@H](O)C(=O)N1Cc2ccccc2C1. The lowest BCUT2D eigenvalue weighted by molar-refractivity contribution is -0.153. The Balaban J connectivity index is 1.25. The van der Waals surface area contributed by atoms with Crippen LogP contribution in [0.25, 0.3) is 0 Å². The van der Waals surface area contributed by atoms with E-state index in [0.717, 1.165) is 28.3 Å². The highest BCUT2D eigenvalue weighted by molar-refractivity contribution is 7.12. The summed E-state index contributed by atoms with van der Waals surface area (Å²) >= 11 is 1.67. The Bertz CT molecular complexity index is 897. The van der Waals surface area contributed by atoms with Crippen LogP contribution >= 0.6 is 11.3 Å². The number of benzene rings is 1. The van der Waals surface area contributed by atoms with Gasteiger partial charge in [0.15, 0.2) is 12.2 Å². The van der Waals surface area contributed by atoms with Gasteiger partial charge in [-0.15, -0.1) is 11.3 Å². The molecule has 1 aromatic heterocycles. The average molecular weight is 443 g/mol. The van der Waals surface area contributed by atoms with Gasteiger partial charge in [0.05, 0.1) is 6.54 Å². The molecular formula is C24H30N2O4S. The zero-order chi connectivity index (χ0) is 21.8. The number of nitrogens with one attached hydrogen (secondary N) is 1. The zero-order valence-electron chi connectivity index (χ0n) is 17.6. The van der Waals surface area contributed by atoms with E-state index in [0.29, 0.717) is 13.1 Å². The van der Waals surface area contributed by atoms with Gasteiger partial charge in [-0.3, -0.25) is 9.59 Å². The van der Waals surface area contributed by atoms with Gasteiger partial charge in [-0.05, 0) is 35.6 Å². The summed E-state index contributed by atoms with van der Waals surface area (Å²) in [5.74, 6) is -0.612. The van der Waals surface area contributed by atoms with Gasteiger partial charge in [-0.1, -0.05) is 56.4 Å². The quantitative estimate of drug-likeness (QED) is 0.615. The summed E-state index contributed by atoms with van der Waals surface area (Å²) < 4.78 is 0. The van der Waals surface area contributed by atoms with Crippen molar-refractivity contribution < 1.29 is 19.8 Å². The molecule has 1 aliphatic carbocycles. The summed E-state index contributed by atoms with van der Waals surface area (Å²) in [6, 6.07) is 11.8. The minimum atomic E-state index is -1.79. The summed E-state index contributed by atoms with van der Waals surface area (Å²) in [6.07, 6.45) is 4.10. The van der Waals surface area contributed by atoms with Crippen LogP contribution in [-0.4, -0.2) is 39.1 Å². The first-order valence-corrected chi connectivity index (χ1v) is 11.9. The summed E-state index contributed by atoms with van der Waals surface area (Å²) in [6.45, 7) is 1.03. The van der Waals surface area contributed by atoms with E-state index in [-0.39, 0.29) is 6.54 Å². The van der Waals surface area contributed by atoms with E-state index in [1.807, 2.05) is 30.3 Å². The van der Waals surface area contributed by atoms with Crippen LogP contribution in [0.3, 0.4) is 0 Å². The smallest absolute Gasteiger partial charge is 0.255 e. The van der Waals surface area contributed by atoms with Gasteiger partial charge in [-0.25, -0.2) is 0 Å². The number of hydrogen-bond acceptors (Lipinski definition) is 5. The Morgan fingerprint density at radius 2 is 1.61 bits per heavy atom. The number of rotatable bonds is 7. The highest BCUT2D eigenvalue weighted by Crippen LogP contribution is 2.29. The van der Waals surface area contributed by atoms with Gasteiger partial charge in [0, 0.05) is 22.8 Å². The van der Waals surface area contributed by atoms with Crippen LogP contribution in [0.2, 0.25) is 0 Å². The van der Waals surface area contributed by atoms with Crippen molar-refractivity contribution in [1.29, 1.82) is 0 Å². The Labute approximate surface area is 186 Å². The molecule has 166 valence electrons. The second-order valence-corrected chi connectivity index (χ2v) is 9.90. The summed E-state index contributed by atoms with van der Waals surface area (Å²) in [5, 5.41) is 23.2. The third-order valence-electron chi connectivity index (χ3n) is 6.34. The minimum absolute atomic E-state index is 0.279. The number of thiophene rings is 1. The molecule has 1 aromatic carbocycles. The fourth-order valence-electron chi connectivity index (χ4n) is 4.54. The molecule has 2 atom stereocenters. The molecular weight excluding hydrogens is 412 g/mol. The Morgan fingerprint density at radius 3 is 2.29 bits per heavy atom. The molecule has 1 saturated carbocycles. The molecule has 7 heteroatoms. The standard InChI is InChI=1S/C24H30N2O4S/c27-21(22(28)24(30)26-14-17-8-4-5-9-18(17)15-26)23(29)25-13-20-11-10-19(31-20)12-16-6-2-1-3-7-16/h4-5,8-11,16,21-22,27-28H,1-3,6-7,12-15H2,(H,25,29)/t21-,22-/m1/s1. The monoisotopic (exact) mass is 442 g/mol. The molecule has 2 amide bonds. The van der Waals surface area contributed by atoms with Crippen LogP contribution in [0.4, 0.5) is 0 Å². The Hall–Kier alpha value is -2.22. The summed E-state index contributed by atoms with van der Waals surface area (Å²) in [7, 11) is 0. The van der Waals surface area contributed by atoms with Crippen molar-refractivity contribution in [3.63, 3.8) is 0 Å². The maximum absolute atomic E-state index is 12.6. The number of carbonyl (C=O) groups excluding carboxylic acids is 2. The number of amides is 2. The van der Waals surface area contributed by atoms with Crippen molar-refractivity contribution in [2.24, 2.45) is 5.92 Å². The predicted octanol–water partition coefficient (Wildman–Crippen LogP) is 2.75. The zero-order valence-corrected chi connectivity index (χ0v) is 18.4. The van der Waals surface area contributed by atoms with E-state index < -0.39 is 24.0 Å². The van der Waals surface area contributed by atoms with E-state index in [1.54, 1.807) is 11.3 Å². The molecule has 2 aromatic rings. The molecule has 0 radical (unpaired) electrons. The predicted molar refractivity (Wildman–Crippen MR) is 119 cm³/mol. The van der Waals surface area contributed by atoms with Crippen LogP contribution < -0.4 is 5.32 Å². The molecule has 1 fully saturated rings. The van der Waals surface area contributed by atoms with Crippen molar-refractivity contribution >= 4 is 23.2 Å². The third-order valence-corrected chi connectivity index (χ3v) is 7.45. The highest BCUT2D eigenvalue weighted by Gasteiger charge is 2.35. The second kappa shape index (κ2) is 9.94. The van der Waals surface area contributed by atoms with Gasteiger partial charge < -0.3 is 20.4 Å². The Kier molecular flexibility index (Phi) is 7.05. The largest absolute Gasteiger partial charge is 0.380 e. The molecule has 0 unspecified atom stereocenters. The number of carbonyl (C=O) groups is 2. The first kappa shape index (κ1) is 22.0. The molecule has 1 aliphatic heterocycles. The van der Waals surface area contributed by atoms with Crippen LogP contribution in [0.5, 0.6) is 0 Å². The van der Waals surface area contributed by atoms with Gasteiger partial charge in [-0.2, -0.15) is 0 Å². The van der Waals surface area contributed by atoms with Crippen molar-refractivity contribution in [2.45, 2.75) is 70.4 Å². The highest BCUT2D eigenvalue weighted by atomic mass is 32.1. The molecule has 3 N–H and O–H groups in total. The van der Waals surface area contributed by atoms with E-state index in [1.165, 1.54) is 41.9 Å². The fraction of sp³-hybridized carbons (Fsp3) is 0.500. The lowest BCUT2D eigenvalue weighted by atomic mass is 9.87. The second-order valence-electron chi connectivity index (χ2n) is 8.65. The first-order chi connectivity index (χ1) is 15.0. The number of fused-ring (bicyclic) bond motifs is 1. The van der Waals surface area contributed by atoms with Gasteiger partial charge in [0.2, 0.25) is 0 Å². The molecule has 0 bridgehead atoms. The lowest BCUT2D eigenvalue weighted by Gasteiger charge is -2.22. The molecule has 6 nitrogen and oxygen atoms in total. The molecule has 2 aliphatic rings. The lowest BCUT2D eigenvalue weighted by Crippen LogP contribution is -2.49. The van der Waals surface area contributed by atoms with Gasteiger partial charge in [0.1, 0.15) is 0 Å². The minimum Gasteiger partial charge on any atom is -0.380 e. The summed E-state index contributed by atoms with van der Waals surface area (Å²) in [5.41, 5.74) is 2.03. The molecule has 2 heterocycles. The normalized spacial score (nSPS) is 18.5. The van der Waals surface area contributed by atoms with Crippen LogP contribution in [0, 0.1) is 5.92 Å². The maximum Gasteiger partial charge on any atom is 0.255 e. The Morgan fingerprint density at radius 1 is 0.968 bits per heavy atom. The molecule has 0 spiro atoms. The summed E-state index contributed by atoms with van der Waals surface area (Å²) in [4.78, 5) is 28.7. The maximum atomic E-state index is 12.6. The van der Waals surface area contributed by atoms with Crippen LogP contribution in [-0.2, 0) is 35.6 Å². The number of nitrogens with zero attached hydrogens (tertiary/aromatic N) is 1. The number of aliphatic hydroxyl groups is 2. The third kappa shape index (κ3) is 5.34. The van der Waals surface area contributed by atoms with E-state index in [2.05, 4.69) is 11.4 Å². The topological polar surface area (TPSA) is 89.9 Å². The van der Waals surface area contributed by atoms with E-state index in [9.17, 15) is 19.8 Å². The van der Waals surface area contributed by atoms with Gasteiger partial charge in [0.25, 0.3) is 11.8 Å². The van der Waals surface area contributed by atoms with Gasteiger partial charge >= 0.3 is 0 Å². The van der Waals surface area contributed by atoms with E-state index >= 15 is 0 Å². The van der Waals surface area contributed by atoms with Crippen molar-refractivity contribution in [3.05, 3.63) is 57.3 Å². The average Bonchev–Trinajstić information content (AvgIpc) is 3.43. The van der Waals surface area contributed by atoms with Crippen molar-refractivity contribution in [2.75, 3.05) is 0 Å². The van der Waals surface area contributed by atoms with Crippen LogP contribution in [0.1, 0.15) is 53.0 Å². The van der Waals surface area contributed by atoms with Crippen molar-refractivity contribution in [1.82, 2.24) is 10.2 Å². The molecule has 4 rings (SSSR count). The first-order valence-electron chi connectivity index (χ1n) is 11.1.